The summed E-state index contributed by atoms with van der Waals surface area (Å²) in [6, 6.07) is -1.26. The van der Waals surface area contributed by atoms with Gasteiger partial charge in [-0.1, -0.05) is 20.3 Å². The zero-order valence-corrected chi connectivity index (χ0v) is 14.1. The minimum Gasteiger partial charge on any atom is -0.352 e. The Morgan fingerprint density at radius 2 is 1.78 bits per heavy atom. The summed E-state index contributed by atoms with van der Waals surface area (Å²) in [6.07, 6.45) is 2.84. The van der Waals surface area contributed by atoms with E-state index in [4.69, 9.17) is 5.73 Å². The standard InChI is InChI=1S/C16H27N3O4/c1-10(2)13(21)12(6-4-9-18-15(17)23)19-14(22)16(11(3)20)7-5-8-16/h10,12H,4-9H2,1-3H3,(H,19,22)(H3,17,18,23). The number of nitrogens with one attached hydrogen (secondary N) is 2. The summed E-state index contributed by atoms with van der Waals surface area (Å²) in [7, 11) is 0. The Balaban J connectivity index is 2.68. The summed E-state index contributed by atoms with van der Waals surface area (Å²) >= 11 is 0. The van der Waals surface area contributed by atoms with Crippen LogP contribution in [0.5, 0.6) is 0 Å². The molecule has 1 aliphatic rings. The fraction of sp³-hybridized carbons (Fsp3) is 0.750. The molecule has 7 heteroatoms. The zero-order chi connectivity index (χ0) is 17.6. The summed E-state index contributed by atoms with van der Waals surface area (Å²) < 4.78 is 0. The maximum Gasteiger partial charge on any atom is 0.312 e. The van der Waals surface area contributed by atoms with E-state index in [1.54, 1.807) is 13.8 Å². The van der Waals surface area contributed by atoms with Crippen LogP contribution in [-0.4, -0.2) is 36.1 Å². The van der Waals surface area contributed by atoms with Crippen LogP contribution in [0.3, 0.4) is 0 Å². The van der Waals surface area contributed by atoms with Crippen molar-refractivity contribution in [2.75, 3.05) is 6.54 Å². The number of hydrogen-bond donors (Lipinski definition) is 3. The summed E-state index contributed by atoms with van der Waals surface area (Å²) in [5.41, 5.74) is 4.03. The number of Topliss-reactive ketones (excluding diaryl/α,β-unsaturated/α-hetero) is 2. The number of amides is 3. The van der Waals surface area contributed by atoms with Gasteiger partial charge in [-0.2, -0.15) is 0 Å². The van der Waals surface area contributed by atoms with Crippen molar-refractivity contribution in [1.29, 1.82) is 0 Å². The van der Waals surface area contributed by atoms with Crippen molar-refractivity contribution < 1.29 is 19.2 Å². The maximum atomic E-state index is 12.5. The Labute approximate surface area is 136 Å². The Bertz CT molecular complexity index is 484. The minimum absolute atomic E-state index is 0.0737. The Kier molecular flexibility index (Phi) is 6.72. The largest absolute Gasteiger partial charge is 0.352 e. The second-order valence-corrected chi connectivity index (χ2v) is 6.51. The lowest BCUT2D eigenvalue weighted by Gasteiger charge is -2.38. The topological polar surface area (TPSA) is 118 Å². The Morgan fingerprint density at radius 1 is 1.17 bits per heavy atom. The molecular weight excluding hydrogens is 298 g/mol. The predicted octanol–water partition coefficient (Wildman–Crippen LogP) is 0.904. The molecule has 0 aromatic rings. The maximum absolute atomic E-state index is 12.5. The molecule has 0 aromatic heterocycles. The van der Waals surface area contributed by atoms with E-state index in [1.807, 2.05) is 0 Å². The van der Waals surface area contributed by atoms with Gasteiger partial charge in [0.2, 0.25) is 5.91 Å². The highest BCUT2D eigenvalue weighted by Crippen LogP contribution is 2.42. The predicted molar refractivity (Wildman–Crippen MR) is 85.6 cm³/mol. The fourth-order valence-corrected chi connectivity index (χ4v) is 2.77. The van der Waals surface area contributed by atoms with Crippen LogP contribution in [-0.2, 0) is 14.4 Å². The molecule has 1 fully saturated rings. The van der Waals surface area contributed by atoms with Crippen molar-refractivity contribution >= 4 is 23.5 Å². The lowest BCUT2D eigenvalue weighted by molar-refractivity contribution is -0.148. The smallest absolute Gasteiger partial charge is 0.312 e. The zero-order valence-electron chi connectivity index (χ0n) is 14.1. The van der Waals surface area contributed by atoms with Gasteiger partial charge in [0.15, 0.2) is 5.78 Å². The second-order valence-electron chi connectivity index (χ2n) is 6.51. The number of urea groups is 1. The third-order valence-electron chi connectivity index (χ3n) is 4.50. The second kappa shape index (κ2) is 8.08. The highest BCUT2D eigenvalue weighted by Gasteiger charge is 2.49. The van der Waals surface area contributed by atoms with E-state index in [0.29, 0.717) is 32.2 Å². The van der Waals surface area contributed by atoms with Crippen molar-refractivity contribution in [1.82, 2.24) is 10.6 Å². The van der Waals surface area contributed by atoms with Gasteiger partial charge in [-0.15, -0.1) is 0 Å². The van der Waals surface area contributed by atoms with Gasteiger partial charge in [-0.05, 0) is 32.6 Å². The van der Waals surface area contributed by atoms with Crippen LogP contribution in [0.15, 0.2) is 0 Å². The fourth-order valence-electron chi connectivity index (χ4n) is 2.77. The molecule has 1 saturated carbocycles. The summed E-state index contributed by atoms with van der Waals surface area (Å²) in [5, 5.41) is 5.21. The summed E-state index contributed by atoms with van der Waals surface area (Å²) in [6.45, 7) is 5.31. The van der Waals surface area contributed by atoms with Gasteiger partial charge in [-0.25, -0.2) is 4.79 Å². The van der Waals surface area contributed by atoms with Gasteiger partial charge in [-0.3, -0.25) is 14.4 Å². The van der Waals surface area contributed by atoms with Gasteiger partial charge in [0, 0.05) is 12.5 Å². The number of ketones is 2. The average Bonchev–Trinajstić information content (AvgIpc) is 2.39. The van der Waals surface area contributed by atoms with E-state index >= 15 is 0 Å². The van der Waals surface area contributed by atoms with Crippen molar-refractivity contribution in [3.05, 3.63) is 0 Å². The van der Waals surface area contributed by atoms with Gasteiger partial charge >= 0.3 is 6.03 Å². The number of nitrogens with two attached hydrogens (primary N) is 1. The number of rotatable bonds is 9. The normalized spacial score (nSPS) is 17.0. The van der Waals surface area contributed by atoms with Crippen molar-refractivity contribution in [3.8, 4) is 0 Å². The molecule has 4 N–H and O–H groups in total. The molecule has 1 rings (SSSR count). The molecule has 0 spiro atoms. The van der Waals surface area contributed by atoms with Gasteiger partial charge in [0.05, 0.1) is 6.04 Å². The summed E-state index contributed by atoms with van der Waals surface area (Å²) in [5.74, 6) is -0.792. The lowest BCUT2D eigenvalue weighted by atomic mass is 9.65. The molecule has 0 aromatic carbocycles. The van der Waals surface area contributed by atoms with Crippen LogP contribution >= 0.6 is 0 Å². The number of primary amides is 1. The van der Waals surface area contributed by atoms with Gasteiger partial charge < -0.3 is 16.4 Å². The SMILES string of the molecule is CC(=O)C1(C(=O)NC(CCCNC(N)=O)C(=O)C(C)C)CCC1. The Morgan fingerprint density at radius 3 is 2.17 bits per heavy atom. The van der Waals surface area contributed by atoms with E-state index in [1.165, 1.54) is 6.92 Å². The van der Waals surface area contributed by atoms with E-state index in [-0.39, 0.29) is 23.4 Å². The molecule has 0 heterocycles. The molecule has 1 unspecified atom stereocenters. The summed E-state index contributed by atoms with van der Waals surface area (Å²) in [4.78, 5) is 47.2. The van der Waals surface area contributed by atoms with E-state index in [9.17, 15) is 19.2 Å². The molecule has 0 saturated heterocycles. The first-order valence-electron chi connectivity index (χ1n) is 8.09. The minimum atomic E-state index is -0.957. The van der Waals surface area contributed by atoms with E-state index in [2.05, 4.69) is 10.6 Å². The molecule has 3 amide bonds. The molecule has 7 nitrogen and oxygen atoms in total. The molecule has 1 aliphatic carbocycles. The first-order valence-corrected chi connectivity index (χ1v) is 8.09. The van der Waals surface area contributed by atoms with Gasteiger partial charge in [0.1, 0.15) is 11.2 Å². The molecule has 23 heavy (non-hydrogen) atoms. The van der Waals surface area contributed by atoms with Crippen LogP contribution in [0, 0.1) is 11.3 Å². The van der Waals surface area contributed by atoms with Crippen molar-refractivity contribution in [2.24, 2.45) is 17.1 Å². The van der Waals surface area contributed by atoms with Gasteiger partial charge in [0.25, 0.3) is 0 Å². The van der Waals surface area contributed by atoms with E-state index < -0.39 is 17.5 Å². The van der Waals surface area contributed by atoms with E-state index in [0.717, 1.165) is 6.42 Å². The van der Waals surface area contributed by atoms with Crippen molar-refractivity contribution in [3.63, 3.8) is 0 Å². The molecule has 0 aliphatic heterocycles. The molecular formula is C16H27N3O4. The van der Waals surface area contributed by atoms with Crippen LogP contribution < -0.4 is 16.4 Å². The lowest BCUT2D eigenvalue weighted by Crippen LogP contribution is -2.55. The van der Waals surface area contributed by atoms with Crippen molar-refractivity contribution in [2.45, 2.75) is 58.9 Å². The number of carbonyl (C=O) groups is 4. The third kappa shape index (κ3) is 4.77. The molecule has 130 valence electrons. The highest BCUT2D eigenvalue weighted by atomic mass is 16.2. The monoisotopic (exact) mass is 325 g/mol. The molecule has 1 atom stereocenters. The average molecular weight is 325 g/mol. The quantitative estimate of drug-likeness (QED) is 0.431. The number of hydrogen-bond acceptors (Lipinski definition) is 4. The first kappa shape index (κ1) is 19.1. The molecule has 0 radical (unpaired) electrons. The highest BCUT2D eigenvalue weighted by molar-refractivity contribution is 6.07. The van der Waals surface area contributed by atoms with Crippen LogP contribution in [0.4, 0.5) is 4.79 Å². The van der Waals surface area contributed by atoms with Crippen LogP contribution in [0.1, 0.15) is 52.9 Å². The third-order valence-corrected chi connectivity index (χ3v) is 4.50. The van der Waals surface area contributed by atoms with Crippen LogP contribution in [0.2, 0.25) is 0 Å². The first-order chi connectivity index (χ1) is 10.7. The Hall–Kier alpha value is -1.92. The van der Waals surface area contributed by atoms with Crippen LogP contribution in [0.25, 0.3) is 0 Å². The number of carbonyl (C=O) groups excluding carboxylic acids is 4. The molecule has 0 bridgehead atoms.